The fraction of sp³-hybridized carbons (Fsp3) is 0.720. The van der Waals surface area contributed by atoms with Gasteiger partial charge in [-0.15, -0.1) is 0 Å². The molecule has 6 nitrogen and oxygen atoms in total. The van der Waals surface area contributed by atoms with Crippen molar-refractivity contribution in [2.75, 3.05) is 13.2 Å². The van der Waals surface area contributed by atoms with E-state index in [-0.39, 0.29) is 31.1 Å². The average Bonchev–Trinajstić information content (AvgIpc) is 3.46. The van der Waals surface area contributed by atoms with Gasteiger partial charge in [-0.1, -0.05) is 291 Å². The summed E-state index contributed by atoms with van der Waals surface area (Å²) in [5.74, 6) is -0.926. The molecule has 0 aromatic rings. The molecule has 0 aromatic heterocycles. The fourth-order valence-corrected chi connectivity index (χ4v) is 9.59. The third-order valence-electron chi connectivity index (χ3n) is 14.7. The zero-order valence-corrected chi connectivity index (χ0v) is 53.3. The van der Waals surface area contributed by atoms with Crippen molar-refractivity contribution in [3.63, 3.8) is 0 Å². The number of hydrogen-bond acceptors (Lipinski definition) is 6. The zero-order valence-electron chi connectivity index (χ0n) is 53.3. The molecule has 0 heterocycles. The minimum absolute atomic E-state index is 0.0924. The van der Waals surface area contributed by atoms with Gasteiger partial charge in [-0.2, -0.15) is 0 Å². The largest absolute Gasteiger partial charge is 0.462 e. The molecule has 81 heavy (non-hydrogen) atoms. The average molecular weight is 1130 g/mol. The van der Waals surface area contributed by atoms with Gasteiger partial charge in [0.2, 0.25) is 0 Å². The van der Waals surface area contributed by atoms with Gasteiger partial charge < -0.3 is 14.2 Å². The van der Waals surface area contributed by atoms with Crippen molar-refractivity contribution in [2.24, 2.45) is 0 Å². The Hall–Kier alpha value is -3.93. The van der Waals surface area contributed by atoms with E-state index in [2.05, 4.69) is 130 Å². The Morgan fingerprint density at radius 1 is 0.259 bits per heavy atom. The molecular weight excluding hydrogens is 997 g/mol. The normalized spacial score (nSPS) is 12.8. The maximum Gasteiger partial charge on any atom is 0.306 e. The molecule has 0 amide bonds. The first-order chi connectivity index (χ1) is 40.0. The number of esters is 3. The van der Waals surface area contributed by atoms with E-state index in [4.69, 9.17) is 14.2 Å². The molecule has 1 unspecified atom stereocenters. The lowest BCUT2D eigenvalue weighted by Crippen LogP contribution is -2.30. The molecule has 0 saturated heterocycles. The Morgan fingerprint density at radius 2 is 0.481 bits per heavy atom. The van der Waals surface area contributed by atoms with Crippen molar-refractivity contribution in [1.82, 2.24) is 0 Å². The van der Waals surface area contributed by atoms with E-state index in [9.17, 15) is 14.4 Å². The Kier molecular flexibility index (Phi) is 65.2. The van der Waals surface area contributed by atoms with Gasteiger partial charge in [-0.05, 0) is 128 Å². The first kappa shape index (κ1) is 77.1. The fourth-order valence-electron chi connectivity index (χ4n) is 9.59. The first-order valence-corrected chi connectivity index (χ1v) is 34.4. The monoisotopic (exact) mass is 1120 g/mol. The lowest BCUT2D eigenvalue weighted by Gasteiger charge is -2.18. The molecule has 464 valence electrons. The molecule has 0 rings (SSSR count). The van der Waals surface area contributed by atoms with Gasteiger partial charge in [-0.25, -0.2) is 0 Å². The van der Waals surface area contributed by atoms with Crippen LogP contribution in [-0.4, -0.2) is 37.2 Å². The van der Waals surface area contributed by atoms with E-state index in [1.54, 1.807) is 0 Å². The number of carbonyl (C=O) groups excluding carboxylic acids is 3. The highest BCUT2D eigenvalue weighted by Gasteiger charge is 2.19. The highest BCUT2D eigenvalue weighted by Crippen LogP contribution is 2.17. The lowest BCUT2D eigenvalue weighted by molar-refractivity contribution is -0.167. The maximum atomic E-state index is 12.9. The van der Waals surface area contributed by atoms with Crippen LogP contribution in [0.4, 0.5) is 0 Å². The molecular formula is C75H128O6. The van der Waals surface area contributed by atoms with Gasteiger partial charge in [0.25, 0.3) is 0 Å². The SMILES string of the molecule is CC/C=C\C/C=C\C/C=C\CCCCCC(=O)OCC(COC(=O)CCCCCCCCCCCCCCCCCC/C=C\C/C=C\C/C=C\CCCCCCC)OC(=O)CCCCCCCC/C=C\C/C=C\C/C=C\CCCCC. The molecule has 0 aliphatic heterocycles. The third kappa shape index (κ3) is 66.8. The summed E-state index contributed by atoms with van der Waals surface area (Å²) >= 11 is 0. The Balaban J connectivity index is 4.25. The van der Waals surface area contributed by atoms with Gasteiger partial charge in [-0.3, -0.25) is 14.4 Å². The van der Waals surface area contributed by atoms with Crippen molar-refractivity contribution in [2.45, 2.75) is 335 Å². The van der Waals surface area contributed by atoms with Crippen LogP contribution in [0, 0.1) is 0 Å². The molecule has 0 saturated carbocycles. The summed E-state index contributed by atoms with van der Waals surface area (Å²) < 4.78 is 16.9. The minimum Gasteiger partial charge on any atom is -0.462 e. The summed E-state index contributed by atoms with van der Waals surface area (Å²) in [7, 11) is 0. The van der Waals surface area contributed by atoms with Crippen molar-refractivity contribution < 1.29 is 28.6 Å². The number of ether oxygens (including phenoxy) is 3. The molecule has 0 spiro atoms. The van der Waals surface area contributed by atoms with Gasteiger partial charge in [0.15, 0.2) is 6.10 Å². The predicted octanol–water partition coefficient (Wildman–Crippen LogP) is 23.8. The molecule has 0 N–H and O–H groups in total. The van der Waals surface area contributed by atoms with E-state index in [0.717, 1.165) is 122 Å². The Labute approximate surface area is 501 Å². The Morgan fingerprint density at radius 3 is 0.790 bits per heavy atom. The van der Waals surface area contributed by atoms with Crippen LogP contribution in [0.1, 0.15) is 329 Å². The topological polar surface area (TPSA) is 78.9 Å². The van der Waals surface area contributed by atoms with Crippen molar-refractivity contribution in [1.29, 1.82) is 0 Å². The highest BCUT2D eigenvalue weighted by atomic mass is 16.6. The van der Waals surface area contributed by atoms with Crippen molar-refractivity contribution in [3.8, 4) is 0 Å². The number of hydrogen-bond donors (Lipinski definition) is 0. The summed E-state index contributed by atoms with van der Waals surface area (Å²) in [5.41, 5.74) is 0. The van der Waals surface area contributed by atoms with Crippen LogP contribution in [0.3, 0.4) is 0 Å². The van der Waals surface area contributed by atoms with Gasteiger partial charge in [0.1, 0.15) is 13.2 Å². The molecule has 6 heteroatoms. The van der Waals surface area contributed by atoms with Crippen molar-refractivity contribution >= 4 is 17.9 Å². The Bertz CT molecular complexity index is 1620. The highest BCUT2D eigenvalue weighted by molar-refractivity contribution is 5.71. The molecule has 0 aromatic carbocycles. The van der Waals surface area contributed by atoms with Crippen molar-refractivity contribution in [3.05, 3.63) is 109 Å². The van der Waals surface area contributed by atoms with Crippen LogP contribution in [0.5, 0.6) is 0 Å². The number of rotatable bonds is 62. The lowest BCUT2D eigenvalue weighted by atomic mass is 10.0. The molecule has 0 aliphatic rings. The molecule has 0 bridgehead atoms. The van der Waals surface area contributed by atoms with E-state index < -0.39 is 6.10 Å². The molecule has 0 aliphatic carbocycles. The molecule has 0 fully saturated rings. The second-order valence-electron chi connectivity index (χ2n) is 22.7. The van der Waals surface area contributed by atoms with Crippen LogP contribution in [0.2, 0.25) is 0 Å². The summed E-state index contributed by atoms with van der Waals surface area (Å²) in [6.45, 7) is 6.48. The van der Waals surface area contributed by atoms with Gasteiger partial charge >= 0.3 is 17.9 Å². The van der Waals surface area contributed by atoms with Gasteiger partial charge in [0, 0.05) is 19.3 Å². The van der Waals surface area contributed by atoms with E-state index >= 15 is 0 Å². The quantitative estimate of drug-likeness (QED) is 0.0261. The molecule has 0 radical (unpaired) electrons. The maximum absolute atomic E-state index is 12.9. The van der Waals surface area contributed by atoms with Gasteiger partial charge in [0.05, 0.1) is 0 Å². The second-order valence-corrected chi connectivity index (χ2v) is 22.7. The van der Waals surface area contributed by atoms with E-state index in [1.165, 1.54) is 167 Å². The number of allylic oxidation sites excluding steroid dienone is 18. The predicted molar refractivity (Wildman–Crippen MR) is 353 cm³/mol. The standard InChI is InChI=1S/C75H128O6/c1-4-7-10-13-16-19-22-25-27-29-31-32-33-34-35-36-37-38-39-40-41-42-44-45-47-50-53-56-59-62-65-68-74(77)80-71-72(70-79-73(76)67-64-61-58-55-52-49-24-21-18-15-12-9-6-3)81-75(78)69-66-63-60-57-54-51-48-46-43-30-28-26-23-20-17-14-11-8-5-2/h9,12,17-18,20-22,25-26,28-29,31,33-34,43,46,49,52,72H,4-8,10-11,13-16,19,23-24,27,30,32,35-42,44-45,47-48,50-51,53-71H2,1-3H3/b12-9-,20-17-,21-18-,25-22-,28-26-,31-29-,34-33-,46-43-,52-49-. The summed E-state index contributed by atoms with van der Waals surface area (Å²) in [5, 5.41) is 0. The second kappa shape index (κ2) is 68.6. The van der Waals surface area contributed by atoms with Crippen LogP contribution >= 0.6 is 0 Å². The van der Waals surface area contributed by atoms with E-state index in [1.807, 2.05) is 0 Å². The summed E-state index contributed by atoms with van der Waals surface area (Å²) in [6.07, 6.45) is 94.0. The van der Waals surface area contributed by atoms with Crippen LogP contribution in [0.25, 0.3) is 0 Å². The number of carbonyl (C=O) groups is 3. The van der Waals surface area contributed by atoms with E-state index in [0.29, 0.717) is 19.3 Å². The van der Waals surface area contributed by atoms with Crippen LogP contribution in [0.15, 0.2) is 109 Å². The first-order valence-electron chi connectivity index (χ1n) is 34.4. The number of unbranched alkanes of at least 4 members (excludes halogenated alkanes) is 33. The summed E-state index contributed by atoms with van der Waals surface area (Å²) in [4.78, 5) is 38.3. The minimum atomic E-state index is -0.800. The summed E-state index contributed by atoms with van der Waals surface area (Å²) in [6, 6.07) is 0. The third-order valence-corrected chi connectivity index (χ3v) is 14.7. The molecule has 1 atom stereocenters. The van der Waals surface area contributed by atoms with Crippen LogP contribution in [-0.2, 0) is 28.6 Å². The smallest absolute Gasteiger partial charge is 0.306 e. The zero-order chi connectivity index (χ0) is 58.5. The van der Waals surface area contributed by atoms with Crippen LogP contribution < -0.4 is 0 Å².